The molecule has 0 aliphatic heterocycles. The van der Waals surface area contributed by atoms with Gasteiger partial charge in [0, 0.05) is 17.9 Å². The van der Waals surface area contributed by atoms with Gasteiger partial charge in [0.15, 0.2) is 12.0 Å². The third-order valence-corrected chi connectivity index (χ3v) is 3.32. The van der Waals surface area contributed by atoms with Gasteiger partial charge in [-0.2, -0.15) is 0 Å². The van der Waals surface area contributed by atoms with Crippen LogP contribution in [0.4, 0.5) is 0 Å². The Kier molecular flexibility index (Phi) is 6.54. The molecule has 0 aliphatic carbocycles. The van der Waals surface area contributed by atoms with Gasteiger partial charge in [-0.3, -0.25) is 0 Å². The summed E-state index contributed by atoms with van der Waals surface area (Å²) in [5.41, 5.74) is 1.54. The molecule has 0 saturated carbocycles. The minimum absolute atomic E-state index is 0.144. The number of hydrogen-bond acceptors (Lipinski definition) is 5. The van der Waals surface area contributed by atoms with Crippen molar-refractivity contribution in [3.63, 3.8) is 0 Å². The normalized spacial score (nSPS) is 14.0. The van der Waals surface area contributed by atoms with Gasteiger partial charge in [-0.15, -0.1) is 0 Å². The van der Waals surface area contributed by atoms with Crippen LogP contribution in [-0.4, -0.2) is 36.6 Å². The number of hydrogen-bond donors (Lipinski definition) is 0. The summed E-state index contributed by atoms with van der Waals surface area (Å²) in [6.07, 6.45) is -0.390. The van der Waals surface area contributed by atoms with Gasteiger partial charge in [-0.05, 0) is 13.8 Å². The fourth-order valence-corrected chi connectivity index (χ4v) is 2.19. The van der Waals surface area contributed by atoms with Crippen LogP contribution < -0.4 is 4.74 Å². The molecule has 0 saturated heterocycles. The van der Waals surface area contributed by atoms with Gasteiger partial charge in [-0.1, -0.05) is 41.5 Å². The van der Waals surface area contributed by atoms with E-state index in [0.717, 1.165) is 23.0 Å². The van der Waals surface area contributed by atoms with Crippen LogP contribution in [0.15, 0.2) is 0 Å². The Morgan fingerprint density at radius 1 is 0.913 bits per heavy atom. The van der Waals surface area contributed by atoms with Crippen LogP contribution in [0.1, 0.15) is 65.7 Å². The maximum Gasteiger partial charge on any atom is 0.197 e. The molecule has 5 heteroatoms. The maximum absolute atomic E-state index is 6.13. The highest BCUT2D eigenvalue weighted by Gasteiger charge is 2.31. The first-order chi connectivity index (χ1) is 10.5. The van der Waals surface area contributed by atoms with E-state index in [1.807, 2.05) is 13.8 Å². The fourth-order valence-electron chi connectivity index (χ4n) is 2.19. The number of rotatable bonds is 6. The molecule has 132 valence electrons. The van der Waals surface area contributed by atoms with E-state index in [2.05, 4.69) is 51.5 Å². The van der Waals surface area contributed by atoms with Crippen molar-refractivity contribution in [3.05, 3.63) is 17.2 Å². The number of ether oxygens (including phenoxy) is 3. The summed E-state index contributed by atoms with van der Waals surface area (Å²) in [4.78, 5) is 9.30. The van der Waals surface area contributed by atoms with E-state index in [-0.39, 0.29) is 10.8 Å². The molecule has 5 nitrogen and oxygen atoms in total. The second-order valence-corrected chi connectivity index (χ2v) is 7.85. The summed E-state index contributed by atoms with van der Waals surface area (Å²) >= 11 is 0. The molecule has 1 unspecified atom stereocenters. The average molecular weight is 324 g/mol. The minimum Gasteiger partial charge on any atom is -0.461 e. The molecule has 1 rings (SSSR count). The first kappa shape index (κ1) is 19.8. The second kappa shape index (κ2) is 7.58. The third kappa shape index (κ3) is 5.74. The molecule has 23 heavy (non-hydrogen) atoms. The van der Waals surface area contributed by atoms with E-state index in [9.17, 15) is 0 Å². The van der Waals surface area contributed by atoms with Crippen LogP contribution in [0.25, 0.3) is 0 Å². The van der Waals surface area contributed by atoms with Crippen molar-refractivity contribution >= 4 is 0 Å². The Morgan fingerprint density at radius 2 is 1.39 bits per heavy atom. The minimum atomic E-state index is -0.390. The molecular formula is C18H32N2O3. The van der Waals surface area contributed by atoms with Crippen molar-refractivity contribution < 1.29 is 14.2 Å². The quantitative estimate of drug-likeness (QED) is 0.589. The molecule has 0 radical (unpaired) electrons. The molecule has 1 heterocycles. The standard InChI is InChI=1S/C18H32N2O3/c1-12-19-15(17(3,4)5)14(16(20-12)18(6,7)8)23-13(2)22-11-10-21-9/h13H,10-11H2,1-9H3. The first-order valence-corrected chi connectivity index (χ1v) is 8.13. The van der Waals surface area contributed by atoms with Gasteiger partial charge in [0.25, 0.3) is 0 Å². The van der Waals surface area contributed by atoms with E-state index in [4.69, 9.17) is 14.2 Å². The summed E-state index contributed by atoms with van der Waals surface area (Å²) in [6, 6.07) is 0. The fraction of sp³-hybridized carbons (Fsp3) is 0.778. The molecule has 0 N–H and O–H groups in total. The summed E-state index contributed by atoms with van der Waals surface area (Å²) in [5, 5.41) is 0. The van der Waals surface area contributed by atoms with E-state index in [1.54, 1.807) is 7.11 Å². The van der Waals surface area contributed by atoms with Crippen molar-refractivity contribution in [1.29, 1.82) is 0 Å². The Bertz CT molecular complexity index is 481. The monoisotopic (exact) mass is 324 g/mol. The van der Waals surface area contributed by atoms with Gasteiger partial charge in [0.05, 0.1) is 24.6 Å². The Morgan fingerprint density at radius 3 is 1.78 bits per heavy atom. The van der Waals surface area contributed by atoms with Crippen LogP contribution in [-0.2, 0) is 20.3 Å². The van der Waals surface area contributed by atoms with Crippen LogP contribution in [0.2, 0.25) is 0 Å². The predicted octanol–water partition coefficient (Wildman–Crippen LogP) is 3.77. The van der Waals surface area contributed by atoms with Gasteiger partial charge in [-0.25, -0.2) is 9.97 Å². The summed E-state index contributed by atoms with van der Waals surface area (Å²) in [6.45, 7) is 17.6. The zero-order chi connectivity index (χ0) is 17.8. The van der Waals surface area contributed by atoms with Crippen molar-refractivity contribution in [1.82, 2.24) is 9.97 Å². The van der Waals surface area contributed by atoms with Crippen molar-refractivity contribution in [2.24, 2.45) is 0 Å². The van der Waals surface area contributed by atoms with Crippen molar-refractivity contribution in [3.8, 4) is 5.75 Å². The summed E-state index contributed by atoms with van der Waals surface area (Å²) in [5.74, 6) is 1.50. The third-order valence-electron chi connectivity index (χ3n) is 3.32. The van der Waals surface area contributed by atoms with Gasteiger partial charge < -0.3 is 14.2 Å². The van der Waals surface area contributed by atoms with E-state index >= 15 is 0 Å². The van der Waals surface area contributed by atoms with E-state index in [0.29, 0.717) is 13.2 Å². The largest absolute Gasteiger partial charge is 0.461 e. The molecular weight excluding hydrogens is 292 g/mol. The van der Waals surface area contributed by atoms with Crippen molar-refractivity contribution in [2.75, 3.05) is 20.3 Å². The van der Waals surface area contributed by atoms with Gasteiger partial charge >= 0.3 is 0 Å². The molecule has 0 amide bonds. The first-order valence-electron chi connectivity index (χ1n) is 8.13. The molecule has 1 aromatic heterocycles. The highest BCUT2D eigenvalue weighted by Crippen LogP contribution is 2.38. The zero-order valence-corrected chi connectivity index (χ0v) is 16.1. The van der Waals surface area contributed by atoms with Gasteiger partial charge in [0.2, 0.25) is 0 Å². The number of aryl methyl sites for hydroxylation is 1. The molecule has 1 aromatic rings. The summed E-state index contributed by atoms with van der Waals surface area (Å²) < 4.78 is 16.8. The predicted molar refractivity (Wildman–Crippen MR) is 92.1 cm³/mol. The van der Waals surface area contributed by atoms with Crippen LogP contribution in [0, 0.1) is 6.92 Å². The Hall–Kier alpha value is -1.20. The molecule has 0 aliphatic rings. The van der Waals surface area contributed by atoms with Crippen LogP contribution in [0.5, 0.6) is 5.75 Å². The molecule has 0 fully saturated rings. The lowest BCUT2D eigenvalue weighted by atomic mass is 9.85. The maximum atomic E-state index is 6.13. The topological polar surface area (TPSA) is 53.5 Å². The van der Waals surface area contributed by atoms with Crippen LogP contribution in [0.3, 0.4) is 0 Å². The lowest BCUT2D eigenvalue weighted by Crippen LogP contribution is -2.27. The van der Waals surface area contributed by atoms with E-state index < -0.39 is 6.29 Å². The summed E-state index contributed by atoms with van der Waals surface area (Å²) in [7, 11) is 1.65. The van der Waals surface area contributed by atoms with E-state index in [1.165, 1.54) is 0 Å². The zero-order valence-electron chi connectivity index (χ0n) is 16.1. The molecule has 0 spiro atoms. The lowest BCUT2D eigenvalue weighted by molar-refractivity contribution is -0.0813. The Balaban J connectivity index is 3.25. The molecule has 0 bridgehead atoms. The smallest absolute Gasteiger partial charge is 0.197 e. The molecule has 0 aromatic carbocycles. The van der Waals surface area contributed by atoms with Gasteiger partial charge in [0.1, 0.15) is 5.82 Å². The second-order valence-electron chi connectivity index (χ2n) is 7.85. The SMILES string of the molecule is COCCOC(C)Oc1c(C(C)(C)C)nc(C)nc1C(C)(C)C. The van der Waals surface area contributed by atoms with Crippen molar-refractivity contribution in [2.45, 2.75) is 72.5 Å². The number of methoxy groups -OCH3 is 1. The number of aromatic nitrogens is 2. The Labute approximate surface area is 140 Å². The highest BCUT2D eigenvalue weighted by atomic mass is 16.7. The number of nitrogens with zero attached hydrogens (tertiary/aromatic N) is 2. The average Bonchev–Trinajstić information content (AvgIpc) is 2.38. The van der Waals surface area contributed by atoms with Crippen LogP contribution >= 0.6 is 0 Å². The lowest BCUT2D eigenvalue weighted by Gasteiger charge is -2.29. The highest BCUT2D eigenvalue weighted by molar-refractivity contribution is 5.41. The molecule has 1 atom stereocenters.